The first-order valence-corrected chi connectivity index (χ1v) is 15.8. The van der Waals surface area contributed by atoms with Crippen molar-refractivity contribution in [3.63, 3.8) is 0 Å². The Morgan fingerprint density at radius 1 is 0.975 bits per heavy atom. The fraction of sp³-hybridized carbons (Fsp3) is 0.222. The zero-order valence-electron chi connectivity index (χ0n) is 21.7. The van der Waals surface area contributed by atoms with Crippen LogP contribution in [0.15, 0.2) is 84.0 Å². The molecule has 1 atom stereocenters. The lowest BCUT2D eigenvalue weighted by Crippen LogP contribution is -2.32. The molecule has 13 heteroatoms. The van der Waals surface area contributed by atoms with Crippen LogP contribution in [0.25, 0.3) is 21.9 Å². The van der Waals surface area contributed by atoms with Crippen molar-refractivity contribution in [3.05, 3.63) is 94.8 Å². The SMILES string of the molecule is C[S+](=O)(O)Nc1ccc(-c2cc(S(=O)(=O)NCCNCCCc3ccc([N+](=O)[O-])cc3)c3ccncc3c2)cc1. The van der Waals surface area contributed by atoms with Crippen molar-refractivity contribution in [1.29, 1.82) is 0 Å². The summed E-state index contributed by atoms with van der Waals surface area (Å²) in [5.41, 5.74) is 2.93. The Morgan fingerprint density at radius 3 is 2.38 bits per heavy atom. The molecule has 0 spiro atoms. The number of aryl methyl sites for hydroxylation is 1. The molecule has 0 amide bonds. The van der Waals surface area contributed by atoms with E-state index in [9.17, 15) is 27.3 Å². The van der Waals surface area contributed by atoms with Gasteiger partial charge in [0.2, 0.25) is 10.0 Å². The highest BCUT2D eigenvalue weighted by Crippen LogP contribution is 2.31. The van der Waals surface area contributed by atoms with E-state index in [1.54, 1.807) is 60.9 Å². The minimum atomic E-state index is -3.85. The number of aromatic nitrogens is 1. The van der Waals surface area contributed by atoms with Crippen LogP contribution in [0.1, 0.15) is 12.0 Å². The van der Waals surface area contributed by atoms with Crippen LogP contribution < -0.4 is 14.8 Å². The topological polar surface area (TPSA) is 164 Å². The van der Waals surface area contributed by atoms with E-state index >= 15 is 0 Å². The molecule has 0 saturated heterocycles. The first kappa shape index (κ1) is 29.2. The molecule has 0 aliphatic carbocycles. The molecule has 3 aromatic carbocycles. The summed E-state index contributed by atoms with van der Waals surface area (Å²) < 4.78 is 52.9. The molecule has 0 radical (unpaired) electrons. The smallest absolute Gasteiger partial charge is 0.307 e. The van der Waals surface area contributed by atoms with E-state index < -0.39 is 25.3 Å². The lowest BCUT2D eigenvalue weighted by molar-refractivity contribution is -0.384. The molecular weight excluding hydrogens is 554 g/mol. The Hall–Kier alpha value is -3.75. The summed E-state index contributed by atoms with van der Waals surface area (Å²) in [6, 6.07) is 18.4. The van der Waals surface area contributed by atoms with Gasteiger partial charge in [-0.15, -0.1) is 0 Å². The zero-order valence-corrected chi connectivity index (χ0v) is 23.4. The summed E-state index contributed by atoms with van der Waals surface area (Å²) in [6.45, 7) is 1.28. The fourth-order valence-corrected chi connectivity index (χ4v) is 6.05. The van der Waals surface area contributed by atoms with Crippen LogP contribution in [0.2, 0.25) is 0 Å². The molecule has 4 rings (SSSR count). The van der Waals surface area contributed by atoms with Gasteiger partial charge in [0.25, 0.3) is 5.69 Å². The average Bonchev–Trinajstić information content (AvgIpc) is 2.91. The minimum Gasteiger partial charge on any atom is -0.315 e. The number of nitro groups is 1. The van der Waals surface area contributed by atoms with Crippen molar-refractivity contribution in [2.24, 2.45) is 0 Å². The van der Waals surface area contributed by atoms with Crippen LogP contribution >= 0.6 is 0 Å². The van der Waals surface area contributed by atoms with Crippen LogP contribution in [-0.2, 0) is 31.1 Å². The summed E-state index contributed by atoms with van der Waals surface area (Å²) >= 11 is 0. The van der Waals surface area contributed by atoms with Gasteiger partial charge in [0.05, 0.1) is 15.5 Å². The molecule has 1 unspecified atom stereocenters. The Morgan fingerprint density at radius 2 is 1.70 bits per heavy atom. The lowest BCUT2D eigenvalue weighted by atomic mass is 10.0. The van der Waals surface area contributed by atoms with Crippen LogP contribution in [0.3, 0.4) is 0 Å². The number of fused-ring (bicyclic) bond motifs is 1. The number of anilines is 1. The zero-order chi connectivity index (χ0) is 28.8. The van der Waals surface area contributed by atoms with Crippen molar-refractivity contribution in [2.45, 2.75) is 17.7 Å². The quantitative estimate of drug-likeness (QED) is 0.0785. The van der Waals surface area contributed by atoms with Gasteiger partial charge in [-0.3, -0.25) is 15.1 Å². The maximum Gasteiger partial charge on any atom is 0.307 e. The summed E-state index contributed by atoms with van der Waals surface area (Å²) in [4.78, 5) is 14.6. The summed E-state index contributed by atoms with van der Waals surface area (Å²) in [5.74, 6) is 0. The van der Waals surface area contributed by atoms with Gasteiger partial charge in [-0.25, -0.2) is 13.1 Å². The summed E-state index contributed by atoms with van der Waals surface area (Å²) in [6.07, 6.45) is 5.88. The van der Waals surface area contributed by atoms with Crippen LogP contribution in [-0.4, -0.2) is 48.8 Å². The number of rotatable bonds is 13. The highest BCUT2D eigenvalue weighted by Gasteiger charge is 2.19. The van der Waals surface area contributed by atoms with Gasteiger partial charge in [-0.1, -0.05) is 24.3 Å². The molecule has 0 aliphatic rings. The maximum atomic E-state index is 13.3. The number of non-ortho nitro benzene ring substituents is 1. The molecular formula is C27H30N5O6S2+. The van der Waals surface area contributed by atoms with Crippen molar-refractivity contribution in [3.8, 4) is 11.1 Å². The highest BCUT2D eigenvalue weighted by atomic mass is 32.3. The first-order chi connectivity index (χ1) is 19.0. The predicted octanol–water partition coefficient (Wildman–Crippen LogP) is 4.24. The normalized spacial score (nSPS) is 13.2. The molecule has 1 heterocycles. The van der Waals surface area contributed by atoms with Gasteiger partial charge in [0.15, 0.2) is 6.26 Å². The number of hydrogen-bond donors (Lipinski definition) is 4. The van der Waals surface area contributed by atoms with Crippen molar-refractivity contribution >= 4 is 42.6 Å². The molecule has 0 saturated carbocycles. The molecule has 4 N–H and O–H groups in total. The Labute approximate surface area is 233 Å². The largest absolute Gasteiger partial charge is 0.315 e. The van der Waals surface area contributed by atoms with E-state index in [1.807, 2.05) is 6.07 Å². The van der Waals surface area contributed by atoms with Gasteiger partial charge in [0.1, 0.15) is 0 Å². The number of pyridine rings is 1. The van der Waals surface area contributed by atoms with E-state index in [2.05, 4.69) is 19.7 Å². The third-order valence-corrected chi connectivity index (χ3v) is 8.21. The van der Waals surface area contributed by atoms with Crippen molar-refractivity contribution in [1.82, 2.24) is 15.0 Å². The number of hydrogen-bond acceptors (Lipinski definition) is 7. The number of sulfonamides is 1. The van der Waals surface area contributed by atoms with Crippen LogP contribution in [0, 0.1) is 10.1 Å². The number of nitro benzene ring substituents is 1. The first-order valence-electron chi connectivity index (χ1n) is 12.4. The minimum absolute atomic E-state index is 0.0609. The molecule has 4 aromatic rings. The monoisotopic (exact) mass is 584 g/mol. The lowest BCUT2D eigenvalue weighted by Gasteiger charge is -2.13. The Balaban J connectivity index is 1.38. The van der Waals surface area contributed by atoms with Crippen molar-refractivity contribution < 1.29 is 22.1 Å². The third kappa shape index (κ3) is 7.90. The second kappa shape index (κ2) is 12.6. The fourth-order valence-electron chi connectivity index (χ4n) is 4.19. The maximum absolute atomic E-state index is 13.3. The second-order valence-corrected chi connectivity index (χ2v) is 12.8. The van der Waals surface area contributed by atoms with Crippen LogP contribution in [0.5, 0.6) is 0 Å². The molecule has 40 heavy (non-hydrogen) atoms. The van der Waals surface area contributed by atoms with Gasteiger partial charge >= 0.3 is 10.4 Å². The molecule has 0 fully saturated rings. The molecule has 0 bridgehead atoms. The summed E-state index contributed by atoms with van der Waals surface area (Å²) in [5, 5.41) is 15.2. The van der Waals surface area contributed by atoms with Crippen LogP contribution in [0.4, 0.5) is 11.4 Å². The average molecular weight is 585 g/mol. The van der Waals surface area contributed by atoms with E-state index in [-0.39, 0.29) is 17.1 Å². The van der Waals surface area contributed by atoms with Gasteiger partial charge < -0.3 is 5.32 Å². The third-order valence-electron chi connectivity index (χ3n) is 6.09. The number of nitrogens with one attached hydrogen (secondary N) is 3. The van der Waals surface area contributed by atoms with Gasteiger partial charge in [-0.2, -0.15) is 9.27 Å². The number of benzene rings is 3. The second-order valence-electron chi connectivity index (χ2n) is 9.23. The van der Waals surface area contributed by atoms with E-state index in [4.69, 9.17) is 0 Å². The van der Waals surface area contributed by atoms with Gasteiger partial charge in [0, 0.05) is 48.4 Å². The van der Waals surface area contributed by atoms with Gasteiger partial charge in [-0.05, 0) is 70.6 Å². The molecule has 0 aliphatic heterocycles. The number of nitrogens with zero attached hydrogens (tertiary/aromatic N) is 2. The van der Waals surface area contributed by atoms with E-state index in [0.717, 1.165) is 24.0 Å². The van der Waals surface area contributed by atoms with E-state index in [0.29, 0.717) is 35.1 Å². The standard InChI is InChI=1S/C27H29N5O6S2/c1-39(35,36)31-24-8-6-21(7-9-24)22-17-23-19-29-14-12-26(23)27(18-22)40(37,38)30-16-15-28-13-2-3-20-4-10-25(11-5-20)32(33)34/h4-12,14,17-19,28,30H,2-3,13,15-16H2,1H3,(H-,31,35,36)/p+1. The molecule has 1 aromatic heterocycles. The van der Waals surface area contributed by atoms with E-state index in [1.165, 1.54) is 18.4 Å². The predicted molar refractivity (Wildman–Crippen MR) is 157 cm³/mol. The Bertz CT molecular complexity index is 1640. The molecule has 11 nitrogen and oxygen atoms in total. The van der Waals surface area contributed by atoms with Crippen molar-refractivity contribution in [2.75, 3.05) is 30.6 Å². The highest BCUT2D eigenvalue weighted by molar-refractivity contribution is 7.98. The Kier molecular flexibility index (Phi) is 9.22. The molecule has 210 valence electrons. The summed E-state index contributed by atoms with van der Waals surface area (Å²) in [7, 11) is -7.02.